The number of nitrogens with two attached hydrogens (primary N) is 1. The smallest absolute Gasteiger partial charge is 0.287 e. The standard InChI is InChI=1S/C24H21N5O3/c1-15-13-20(29(28-15)21-12-11-17-9-5-6-10-18(17)26-21)24(32)27-19(22(30)23(25)31)14-16-7-3-2-4-8-16/h2-13,19H,14H2,1H3,(H2,25,31)(H,27,32). The summed E-state index contributed by atoms with van der Waals surface area (Å²) in [5.41, 5.74) is 7.56. The topological polar surface area (TPSA) is 120 Å². The summed E-state index contributed by atoms with van der Waals surface area (Å²) >= 11 is 0. The van der Waals surface area contributed by atoms with Gasteiger partial charge >= 0.3 is 0 Å². The van der Waals surface area contributed by atoms with Crippen molar-refractivity contribution < 1.29 is 14.4 Å². The molecule has 0 saturated carbocycles. The van der Waals surface area contributed by atoms with Crippen LogP contribution >= 0.6 is 0 Å². The number of carbonyl (C=O) groups excluding carboxylic acids is 3. The Bertz CT molecular complexity index is 1310. The van der Waals surface area contributed by atoms with E-state index in [4.69, 9.17) is 5.73 Å². The van der Waals surface area contributed by atoms with Crippen molar-refractivity contribution in [2.45, 2.75) is 19.4 Å². The Morgan fingerprint density at radius 1 is 1.00 bits per heavy atom. The number of hydrogen-bond donors (Lipinski definition) is 2. The average molecular weight is 427 g/mol. The molecule has 8 heteroatoms. The summed E-state index contributed by atoms with van der Waals surface area (Å²) < 4.78 is 1.42. The summed E-state index contributed by atoms with van der Waals surface area (Å²) in [4.78, 5) is 41.7. The van der Waals surface area contributed by atoms with Gasteiger partial charge in [-0.15, -0.1) is 0 Å². The van der Waals surface area contributed by atoms with Crippen LogP contribution in [0.4, 0.5) is 0 Å². The van der Waals surface area contributed by atoms with Crippen LogP contribution in [0.2, 0.25) is 0 Å². The number of carbonyl (C=O) groups is 3. The van der Waals surface area contributed by atoms with Crippen LogP contribution in [0.25, 0.3) is 16.7 Å². The number of amides is 2. The lowest BCUT2D eigenvalue weighted by atomic mass is 10.0. The number of aryl methyl sites for hydroxylation is 1. The van der Waals surface area contributed by atoms with Gasteiger partial charge in [-0.1, -0.05) is 48.5 Å². The molecule has 0 radical (unpaired) electrons. The van der Waals surface area contributed by atoms with Crippen LogP contribution in [0.3, 0.4) is 0 Å². The Morgan fingerprint density at radius 2 is 1.72 bits per heavy atom. The number of benzene rings is 2. The molecule has 4 aromatic rings. The van der Waals surface area contributed by atoms with E-state index < -0.39 is 23.6 Å². The molecule has 32 heavy (non-hydrogen) atoms. The maximum absolute atomic E-state index is 13.1. The second kappa shape index (κ2) is 8.81. The summed E-state index contributed by atoms with van der Waals surface area (Å²) in [6.07, 6.45) is 0.135. The van der Waals surface area contributed by atoms with Crippen molar-refractivity contribution in [3.05, 3.63) is 89.7 Å². The van der Waals surface area contributed by atoms with E-state index in [0.29, 0.717) is 11.5 Å². The van der Waals surface area contributed by atoms with E-state index in [9.17, 15) is 14.4 Å². The molecule has 3 N–H and O–H groups in total. The van der Waals surface area contributed by atoms with Gasteiger partial charge in [-0.25, -0.2) is 9.67 Å². The summed E-state index contributed by atoms with van der Waals surface area (Å²) in [6, 6.07) is 20.8. The Balaban J connectivity index is 1.65. The van der Waals surface area contributed by atoms with Crippen LogP contribution in [0, 0.1) is 6.92 Å². The monoisotopic (exact) mass is 427 g/mol. The normalized spacial score (nSPS) is 11.8. The maximum atomic E-state index is 13.1. The quantitative estimate of drug-likeness (QED) is 0.438. The molecule has 0 fully saturated rings. The fourth-order valence-electron chi connectivity index (χ4n) is 3.47. The van der Waals surface area contributed by atoms with Crippen LogP contribution in [0.5, 0.6) is 0 Å². The SMILES string of the molecule is Cc1cc(C(=O)NC(Cc2ccccc2)C(=O)C(N)=O)n(-c2ccc3ccccc3n2)n1. The van der Waals surface area contributed by atoms with E-state index in [1.807, 2.05) is 48.5 Å². The zero-order valence-corrected chi connectivity index (χ0v) is 17.4. The molecule has 2 aromatic carbocycles. The number of nitrogens with zero attached hydrogens (tertiary/aromatic N) is 3. The predicted octanol–water partition coefficient (Wildman–Crippen LogP) is 2.12. The van der Waals surface area contributed by atoms with Crippen molar-refractivity contribution in [2.75, 3.05) is 0 Å². The Hall–Kier alpha value is -4.33. The molecule has 160 valence electrons. The fraction of sp³-hybridized carbons (Fsp3) is 0.125. The Morgan fingerprint density at radius 3 is 2.47 bits per heavy atom. The molecule has 0 bridgehead atoms. The molecule has 1 unspecified atom stereocenters. The molecule has 0 spiro atoms. The molecule has 0 aliphatic rings. The van der Waals surface area contributed by atoms with Crippen LogP contribution in [-0.4, -0.2) is 38.4 Å². The number of primary amides is 1. The highest BCUT2D eigenvalue weighted by atomic mass is 16.2. The zero-order chi connectivity index (χ0) is 22.7. The van der Waals surface area contributed by atoms with Gasteiger partial charge in [-0.05, 0) is 36.8 Å². The number of pyridine rings is 1. The zero-order valence-electron chi connectivity index (χ0n) is 17.4. The second-order valence-corrected chi connectivity index (χ2v) is 7.39. The number of hydrogen-bond acceptors (Lipinski definition) is 5. The first kappa shape index (κ1) is 20.9. The number of rotatable bonds is 7. The molecule has 2 aromatic heterocycles. The van der Waals surface area contributed by atoms with E-state index in [0.717, 1.165) is 16.5 Å². The minimum atomic E-state index is -1.10. The third kappa shape index (κ3) is 4.39. The van der Waals surface area contributed by atoms with Crippen molar-refractivity contribution in [1.29, 1.82) is 0 Å². The van der Waals surface area contributed by atoms with Gasteiger partial charge < -0.3 is 11.1 Å². The van der Waals surface area contributed by atoms with Crippen LogP contribution < -0.4 is 11.1 Å². The first-order valence-corrected chi connectivity index (χ1v) is 10.0. The van der Waals surface area contributed by atoms with Gasteiger partial charge in [0.05, 0.1) is 11.2 Å². The molecule has 8 nitrogen and oxygen atoms in total. The van der Waals surface area contributed by atoms with Crippen molar-refractivity contribution in [3.8, 4) is 5.82 Å². The highest BCUT2D eigenvalue weighted by molar-refractivity contribution is 6.38. The van der Waals surface area contributed by atoms with Crippen LogP contribution in [0.15, 0.2) is 72.8 Å². The van der Waals surface area contributed by atoms with Crippen molar-refractivity contribution in [1.82, 2.24) is 20.1 Å². The molecule has 0 saturated heterocycles. The van der Waals surface area contributed by atoms with Gasteiger partial charge in [-0.2, -0.15) is 5.10 Å². The van der Waals surface area contributed by atoms with Gasteiger partial charge in [0, 0.05) is 11.8 Å². The Kier molecular flexibility index (Phi) is 5.76. The average Bonchev–Trinajstić information content (AvgIpc) is 3.20. The minimum Gasteiger partial charge on any atom is -0.363 e. The lowest BCUT2D eigenvalue weighted by molar-refractivity contribution is -0.137. The summed E-state index contributed by atoms with van der Waals surface area (Å²) in [5.74, 6) is -2.07. The van der Waals surface area contributed by atoms with Crippen molar-refractivity contribution in [2.24, 2.45) is 5.73 Å². The number of nitrogens with one attached hydrogen (secondary N) is 1. The first-order chi connectivity index (χ1) is 15.4. The highest BCUT2D eigenvalue weighted by Crippen LogP contribution is 2.17. The van der Waals surface area contributed by atoms with Crippen molar-refractivity contribution >= 4 is 28.5 Å². The largest absolute Gasteiger partial charge is 0.363 e. The third-order valence-corrected chi connectivity index (χ3v) is 5.01. The van der Waals surface area contributed by atoms with Gasteiger partial charge in [0.2, 0.25) is 5.78 Å². The van der Waals surface area contributed by atoms with Crippen LogP contribution in [-0.2, 0) is 16.0 Å². The maximum Gasteiger partial charge on any atom is 0.287 e. The molecular formula is C24H21N5O3. The number of aromatic nitrogens is 3. The van der Waals surface area contributed by atoms with E-state index in [1.54, 1.807) is 31.2 Å². The number of ketones is 1. The van der Waals surface area contributed by atoms with E-state index in [1.165, 1.54) is 4.68 Å². The summed E-state index contributed by atoms with van der Waals surface area (Å²) in [6.45, 7) is 1.75. The lowest BCUT2D eigenvalue weighted by Gasteiger charge is -2.17. The van der Waals surface area contributed by atoms with Crippen LogP contribution in [0.1, 0.15) is 21.7 Å². The molecule has 4 rings (SSSR count). The molecule has 0 aliphatic heterocycles. The molecular weight excluding hydrogens is 406 g/mol. The third-order valence-electron chi connectivity index (χ3n) is 5.01. The van der Waals surface area contributed by atoms with Gasteiger partial charge in [0.1, 0.15) is 11.7 Å². The highest BCUT2D eigenvalue weighted by Gasteiger charge is 2.27. The second-order valence-electron chi connectivity index (χ2n) is 7.39. The number of fused-ring (bicyclic) bond motifs is 1. The Labute approximate surface area is 184 Å². The van der Waals surface area contributed by atoms with E-state index in [-0.39, 0.29) is 12.1 Å². The summed E-state index contributed by atoms with van der Waals surface area (Å²) in [7, 11) is 0. The van der Waals surface area contributed by atoms with Crippen molar-refractivity contribution in [3.63, 3.8) is 0 Å². The molecule has 2 amide bonds. The molecule has 0 aliphatic carbocycles. The minimum absolute atomic E-state index is 0.135. The van der Waals surface area contributed by atoms with E-state index in [2.05, 4.69) is 15.4 Å². The first-order valence-electron chi connectivity index (χ1n) is 10.0. The van der Waals surface area contributed by atoms with Gasteiger partial charge in [0.15, 0.2) is 5.82 Å². The van der Waals surface area contributed by atoms with Gasteiger partial charge in [-0.3, -0.25) is 14.4 Å². The van der Waals surface area contributed by atoms with E-state index >= 15 is 0 Å². The fourth-order valence-corrected chi connectivity index (χ4v) is 3.47. The van der Waals surface area contributed by atoms with Gasteiger partial charge in [0.25, 0.3) is 11.8 Å². The molecule has 2 heterocycles. The molecule has 1 atom stereocenters. The number of Topliss-reactive ketones (excluding diaryl/α,β-unsaturated/α-hetero) is 1. The number of para-hydroxylation sites is 1. The predicted molar refractivity (Wildman–Crippen MR) is 119 cm³/mol. The summed E-state index contributed by atoms with van der Waals surface area (Å²) in [5, 5.41) is 8.00. The lowest BCUT2D eigenvalue weighted by Crippen LogP contribution is -2.47.